The SMILES string of the molecule is O=C1C(NSOc2ccccc2)=C(Oc2ccc([N+](=O)[O-])cc2)C(=O)c2ccccc21. The van der Waals surface area contributed by atoms with Crippen LogP contribution in [0.3, 0.4) is 0 Å². The number of benzene rings is 3. The van der Waals surface area contributed by atoms with Crippen molar-refractivity contribution < 1.29 is 23.4 Å². The molecule has 0 amide bonds. The molecule has 0 saturated heterocycles. The Balaban J connectivity index is 1.64. The van der Waals surface area contributed by atoms with Crippen molar-refractivity contribution in [3.63, 3.8) is 0 Å². The predicted octanol–water partition coefficient (Wildman–Crippen LogP) is 4.50. The van der Waals surface area contributed by atoms with Crippen LogP contribution in [0, 0.1) is 10.1 Å². The van der Waals surface area contributed by atoms with E-state index in [1.54, 1.807) is 48.5 Å². The Bertz CT molecular complexity index is 1190. The summed E-state index contributed by atoms with van der Waals surface area (Å²) < 4.78 is 14.0. The second kappa shape index (κ2) is 8.72. The van der Waals surface area contributed by atoms with Crippen molar-refractivity contribution in [2.45, 2.75) is 0 Å². The van der Waals surface area contributed by atoms with Crippen molar-refractivity contribution in [1.29, 1.82) is 0 Å². The molecule has 8 nitrogen and oxygen atoms in total. The number of carbonyl (C=O) groups is 2. The van der Waals surface area contributed by atoms with Gasteiger partial charge in [-0.1, -0.05) is 42.5 Å². The Morgan fingerprint density at radius 1 is 0.774 bits per heavy atom. The molecule has 0 saturated carbocycles. The second-order valence-corrected chi connectivity index (χ2v) is 6.88. The highest BCUT2D eigenvalue weighted by atomic mass is 32.2. The average Bonchev–Trinajstić information content (AvgIpc) is 2.80. The van der Waals surface area contributed by atoms with E-state index in [-0.39, 0.29) is 34.0 Å². The number of ketones is 2. The Morgan fingerprint density at radius 3 is 2.03 bits per heavy atom. The zero-order valence-corrected chi connectivity index (χ0v) is 16.6. The third-order valence-corrected chi connectivity index (χ3v) is 4.93. The third-order valence-electron chi connectivity index (χ3n) is 4.37. The molecule has 0 heterocycles. The summed E-state index contributed by atoms with van der Waals surface area (Å²) in [4.78, 5) is 36.4. The Morgan fingerprint density at radius 2 is 1.39 bits per heavy atom. The first kappa shape index (κ1) is 20.2. The van der Waals surface area contributed by atoms with E-state index in [4.69, 9.17) is 8.92 Å². The number of carbonyl (C=O) groups excluding carboxylic acids is 2. The van der Waals surface area contributed by atoms with Crippen LogP contribution in [-0.4, -0.2) is 16.5 Å². The van der Waals surface area contributed by atoms with Crippen LogP contribution in [0.2, 0.25) is 0 Å². The number of para-hydroxylation sites is 1. The molecule has 4 rings (SSSR count). The van der Waals surface area contributed by atoms with E-state index < -0.39 is 16.5 Å². The molecule has 3 aromatic rings. The molecule has 0 spiro atoms. The maximum absolute atomic E-state index is 13.1. The van der Waals surface area contributed by atoms with Crippen LogP contribution < -0.4 is 13.6 Å². The lowest BCUT2D eigenvalue weighted by Crippen LogP contribution is -2.30. The van der Waals surface area contributed by atoms with Crippen LogP contribution in [0.5, 0.6) is 11.5 Å². The normalized spacial score (nSPS) is 12.9. The number of nitro benzene ring substituents is 1. The van der Waals surface area contributed by atoms with E-state index in [0.29, 0.717) is 5.75 Å². The number of ether oxygens (including phenoxy) is 1. The lowest BCUT2D eigenvalue weighted by molar-refractivity contribution is -0.384. The molecule has 0 fully saturated rings. The van der Waals surface area contributed by atoms with Crippen LogP contribution >= 0.6 is 12.2 Å². The molecule has 0 atom stereocenters. The fraction of sp³-hybridized carbons (Fsp3) is 0. The molecule has 0 bridgehead atoms. The van der Waals surface area contributed by atoms with Crippen molar-refractivity contribution in [2.75, 3.05) is 0 Å². The molecular weight excluding hydrogens is 420 g/mol. The van der Waals surface area contributed by atoms with E-state index in [1.807, 2.05) is 6.07 Å². The summed E-state index contributed by atoms with van der Waals surface area (Å²) in [5.41, 5.74) is 0.251. The van der Waals surface area contributed by atoms with Gasteiger partial charge in [-0.15, -0.1) is 0 Å². The summed E-state index contributed by atoms with van der Waals surface area (Å²) in [6, 6.07) is 20.5. The van der Waals surface area contributed by atoms with Gasteiger partial charge in [0, 0.05) is 23.3 Å². The number of nitrogens with one attached hydrogen (secondary N) is 1. The minimum absolute atomic E-state index is 0.0806. The van der Waals surface area contributed by atoms with E-state index in [9.17, 15) is 19.7 Å². The highest BCUT2D eigenvalue weighted by molar-refractivity contribution is 7.93. The summed E-state index contributed by atoms with van der Waals surface area (Å²) in [6.07, 6.45) is 0. The number of allylic oxidation sites excluding steroid dienone is 2. The van der Waals surface area contributed by atoms with Crippen LogP contribution in [0.15, 0.2) is 90.3 Å². The number of fused-ring (bicyclic) bond motifs is 1. The quantitative estimate of drug-likeness (QED) is 0.251. The minimum atomic E-state index is -0.543. The highest BCUT2D eigenvalue weighted by Crippen LogP contribution is 2.29. The number of hydrogen-bond donors (Lipinski definition) is 1. The van der Waals surface area contributed by atoms with E-state index >= 15 is 0 Å². The van der Waals surface area contributed by atoms with E-state index in [1.165, 1.54) is 24.3 Å². The monoisotopic (exact) mass is 434 g/mol. The van der Waals surface area contributed by atoms with Gasteiger partial charge in [0.1, 0.15) is 17.2 Å². The maximum atomic E-state index is 13.1. The molecule has 0 radical (unpaired) electrons. The molecule has 154 valence electrons. The molecule has 3 aromatic carbocycles. The van der Waals surface area contributed by atoms with Gasteiger partial charge in [0.2, 0.25) is 17.3 Å². The van der Waals surface area contributed by atoms with Crippen LogP contribution in [0.4, 0.5) is 5.69 Å². The molecule has 1 N–H and O–H groups in total. The van der Waals surface area contributed by atoms with Gasteiger partial charge >= 0.3 is 0 Å². The molecule has 31 heavy (non-hydrogen) atoms. The number of rotatable bonds is 7. The van der Waals surface area contributed by atoms with Gasteiger partial charge in [-0.05, 0) is 24.3 Å². The first-order valence-corrected chi connectivity index (χ1v) is 9.78. The molecule has 0 unspecified atom stereocenters. The molecule has 1 aliphatic rings. The van der Waals surface area contributed by atoms with E-state index in [2.05, 4.69) is 4.72 Å². The summed E-state index contributed by atoms with van der Waals surface area (Å²) in [5, 5.41) is 10.9. The summed E-state index contributed by atoms with van der Waals surface area (Å²) in [5.74, 6) is -0.419. The molecule has 9 heteroatoms. The van der Waals surface area contributed by atoms with Crippen molar-refractivity contribution in [3.8, 4) is 11.5 Å². The van der Waals surface area contributed by atoms with Gasteiger partial charge in [0.25, 0.3) is 5.69 Å². The molecule has 0 aromatic heterocycles. The number of nitrogens with zero attached hydrogens (tertiary/aromatic N) is 1. The van der Waals surface area contributed by atoms with Crippen molar-refractivity contribution in [1.82, 2.24) is 4.72 Å². The van der Waals surface area contributed by atoms with Gasteiger partial charge in [0.15, 0.2) is 12.2 Å². The number of Topliss-reactive ketones (excluding diaryl/α,β-unsaturated/α-hetero) is 2. The molecule has 1 aliphatic carbocycles. The lowest BCUT2D eigenvalue weighted by atomic mass is 9.91. The van der Waals surface area contributed by atoms with Crippen LogP contribution in [0.25, 0.3) is 0 Å². The smallest absolute Gasteiger partial charge is 0.269 e. The van der Waals surface area contributed by atoms with Crippen LogP contribution in [0.1, 0.15) is 20.7 Å². The summed E-state index contributed by atoms with van der Waals surface area (Å²) in [6.45, 7) is 0. The lowest BCUT2D eigenvalue weighted by Gasteiger charge is -2.21. The fourth-order valence-electron chi connectivity index (χ4n) is 2.88. The van der Waals surface area contributed by atoms with Gasteiger partial charge < -0.3 is 8.92 Å². The summed E-state index contributed by atoms with van der Waals surface area (Å²) >= 11 is 0.764. The van der Waals surface area contributed by atoms with Crippen molar-refractivity contribution in [2.24, 2.45) is 0 Å². The minimum Gasteiger partial charge on any atom is -0.451 e. The Labute approximate surface area is 181 Å². The first-order chi connectivity index (χ1) is 15.0. The van der Waals surface area contributed by atoms with Gasteiger partial charge in [-0.3, -0.25) is 24.4 Å². The largest absolute Gasteiger partial charge is 0.451 e. The fourth-order valence-corrected chi connectivity index (χ4v) is 3.40. The topological polar surface area (TPSA) is 108 Å². The van der Waals surface area contributed by atoms with Gasteiger partial charge in [-0.2, -0.15) is 0 Å². The zero-order chi connectivity index (χ0) is 21.8. The number of nitro groups is 1. The number of hydrogen-bond acceptors (Lipinski definition) is 8. The van der Waals surface area contributed by atoms with Gasteiger partial charge in [-0.25, -0.2) is 0 Å². The van der Waals surface area contributed by atoms with Crippen molar-refractivity contribution in [3.05, 3.63) is 112 Å². The number of non-ortho nitro benzene ring substituents is 1. The van der Waals surface area contributed by atoms with Crippen LogP contribution in [-0.2, 0) is 0 Å². The average molecular weight is 434 g/mol. The molecule has 0 aliphatic heterocycles. The molecular formula is C22H14N2O6S. The second-order valence-electron chi connectivity index (χ2n) is 6.34. The van der Waals surface area contributed by atoms with E-state index in [0.717, 1.165) is 12.2 Å². The summed E-state index contributed by atoms with van der Waals surface area (Å²) in [7, 11) is 0. The Kier molecular flexibility index (Phi) is 5.67. The maximum Gasteiger partial charge on any atom is 0.269 e. The predicted molar refractivity (Wildman–Crippen MR) is 114 cm³/mol. The zero-order valence-electron chi connectivity index (χ0n) is 15.8. The highest BCUT2D eigenvalue weighted by Gasteiger charge is 2.34. The Hall–Kier alpha value is -4.11. The first-order valence-electron chi connectivity index (χ1n) is 9.04. The van der Waals surface area contributed by atoms with Crippen molar-refractivity contribution >= 4 is 29.5 Å². The standard InChI is InChI=1S/C22H14N2O6S/c25-20-17-8-4-5-9-18(17)21(26)22(29-15-12-10-14(11-13-15)24(27)28)19(20)23-31-30-16-6-2-1-3-7-16/h1-13,23H. The van der Waals surface area contributed by atoms with Gasteiger partial charge in [0.05, 0.1) is 4.92 Å². The third kappa shape index (κ3) is 4.26.